The predicted molar refractivity (Wildman–Crippen MR) is 108 cm³/mol. The van der Waals surface area contributed by atoms with E-state index in [2.05, 4.69) is 4.98 Å². The molecule has 0 amide bonds. The number of ether oxygens (including phenoxy) is 1. The molecule has 0 spiro atoms. The summed E-state index contributed by atoms with van der Waals surface area (Å²) in [5, 5.41) is 10.7. The molecule has 26 heavy (non-hydrogen) atoms. The predicted octanol–water partition coefficient (Wildman–Crippen LogP) is 4.52. The van der Waals surface area contributed by atoms with Crippen LogP contribution in [0.1, 0.15) is 29.4 Å². The van der Waals surface area contributed by atoms with Crippen molar-refractivity contribution in [1.82, 2.24) is 4.98 Å². The van der Waals surface area contributed by atoms with Gasteiger partial charge in [0, 0.05) is 0 Å². The summed E-state index contributed by atoms with van der Waals surface area (Å²) in [5.41, 5.74) is 1.91. The van der Waals surface area contributed by atoms with Crippen molar-refractivity contribution in [2.24, 2.45) is 3.95 Å². The van der Waals surface area contributed by atoms with Crippen molar-refractivity contribution < 1.29 is 19.0 Å². The van der Waals surface area contributed by atoms with Crippen LogP contribution in [0, 0.1) is 5.82 Å². The molecule has 0 aliphatic carbocycles. The van der Waals surface area contributed by atoms with Gasteiger partial charge in [0.2, 0.25) is 0 Å². The molecule has 0 saturated carbocycles. The Hall–Kier alpha value is -2.13. The SMILES string of the molecule is CCCOc1ccc(CI(N)C(=O)c2cc3cc(F)ccc3[nH]2)cc1O. The van der Waals surface area contributed by atoms with Gasteiger partial charge in [-0.15, -0.1) is 0 Å². The summed E-state index contributed by atoms with van der Waals surface area (Å²) in [7, 11) is 0. The number of aromatic hydroxyl groups is 1. The molecule has 0 fully saturated rings. The molecule has 0 saturated heterocycles. The van der Waals surface area contributed by atoms with Crippen molar-refractivity contribution >= 4 is 34.8 Å². The molecule has 2 aromatic carbocycles. The number of nitrogens with two attached hydrogens (primary N) is 1. The maximum atomic E-state index is 13.3. The van der Waals surface area contributed by atoms with Crippen LogP contribution >= 0.6 is 20.1 Å². The average molecular weight is 470 g/mol. The van der Waals surface area contributed by atoms with Crippen LogP contribution in [0.3, 0.4) is 0 Å². The number of phenols is 1. The summed E-state index contributed by atoms with van der Waals surface area (Å²) in [6.07, 6.45) is 0.850. The fourth-order valence-electron chi connectivity index (χ4n) is 2.55. The van der Waals surface area contributed by atoms with Gasteiger partial charge in [-0.2, -0.15) is 0 Å². The van der Waals surface area contributed by atoms with Crippen LogP contribution in [0.4, 0.5) is 4.39 Å². The van der Waals surface area contributed by atoms with Gasteiger partial charge in [-0.05, 0) is 0 Å². The Bertz CT molecular complexity index is 942. The molecule has 0 radical (unpaired) electrons. The number of hydrogen-bond donors (Lipinski definition) is 3. The van der Waals surface area contributed by atoms with Crippen LogP contribution in [0.25, 0.3) is 10.9 Å². The molecule has 7 heteroatoms. The van der Waals surface area contributed by atoms with E-state index in [9.17, 15) is 14.3 Å². The summed E-state index contributed by atoms with van der Waals surface area (Å²) in [5.74, 6) is 0.130. The van der Waals surface area contributed by atoms with Crippen LogP contribution < -0.4 is 8.68 Å². The van der Waals surface area contributed by atoms with Crippen molar-refractivity contribution in [2.75, 3.05) is 6.61 Å². The van der Waals surface area contributed by atoms with Crippen LogP contribution in [0.5, 0.6) is 11.5 Å². The minimum atomic E-state index is -2.49. The third-order valence-corrected chi connectivity index (χ3v) is 7.34. The van der Waals surface area contributed by atoms with Gasteiger partial charge in [0.25, 0.3) is 0 Å². The standard InChI is InChI=1S/C19H20FIN2O3/c1-2-7-26-18-6-3-12(8-17(18)24)11-21(22)19(25)16-10-13-9-14(20)4-5-15(13)23-16/h3-6,8-10,23-24H,2,7,11,22H2,1H3. The first kappa shape index (κ1) is 18.7. The fourth-order valence-corrected chi connectivity index (χ4v) is 5.35. The van der Waals surface area contributed by atoms with E-state index >= 15 is 0 Å². The van der Waals surface area contributed by atoms with Crippen LogP contribution in [-0.4, -0.2) is 20.5 Å². The number of carbonyl (C=O) groups excluding carboxylic acids is 1. The molecule has 0 aliphatic heterocycles. The van der Waals surface area contributed by atoms with E-state index in [4.69, 9.17) is 8.68 Å². The van der Waals surface area contributed by atoms with E-state index in [1.54, 1.807) is 24.3 Å². The molecule has 138 valence electrons. The quantitative estimate of drug-likeness (QED) is 0.205. The number of phenolic OH excluding ortho intramolecular Hbond substituents is 1. The third kappa shape index (κ3) is 4.16. The van der Waals surface area contributed by atoms with Gasteiger partial charge in [0.1, 0.15) is 0 Å². The van der Waals surface area contributed by atoms with Gasteiger partial charge in [-0.3, -0.25) is 0 Å². The van der Waals surface area contributed by atoms with Gasteiger partial charge in [-0.25, -0.2) is 0 Å². The van der Waals surface area contributed by atoms with E-state index in [1.165, 1.54) is 12.1 Å². The number of H-pyrrole nitrogens is 1. The van der Waals surface area contributed by atoms with Crippen molar-refractivity contribution in [3.8, 4) is 11.5 Å². The zero-order chi connectivity index (χ0) is 18.7. The van der Waals surface area contributed by atoms with Crippen molar-refractivity contribution in [2.45, 2.75) is 17.8 Å². The molecule has 3 aromatic rings. The summed E-state index contributed by atoms with van der Waals surface area (Å²) in [6, 6.07) is 11.1. The molecule has 0 atom stereocenters. The Labute approximate surface area is 158 Å². The number of alkyl halides is 1. The monoisotopic (exact) mass is 470 g/mol. The number of aromatic nitrogens is 1. The molecule has 3 rings (SSSR count). The molecule has 0 bridgehead atoms. The average Bonchev–Trinajstić information content (AvgIpc) is 3.03. The maximum absolute atomic E-state index is 13.3. The van der Waals surface area contributed by atoms with Gasteiger partial charge in [0.05, 0.1) is 0 Å². The summed E-state index contributed by atoms with van der Waals surface area (Å²) in [4.78, 5) is 15.6. The number of aromatic amines is 1. The Morgan fingerprint density at radius 3 is 2.81 bits per heavy atom. The Kier molecular flexibility index (Phi) is 5.77. The van der Waals surface area contributed by atoms with Crippen molar-refractivity contribution in [3.63, 3.8) is 0 Å². The fraction of sp³-hybridized carbons (Fsp3) is 0.211. The van der Waals surface area contributed by atoms with Gasteiger partial charge >= 0.3 is 158 Å². The molecule has 4 N–H and O–H groups in total. The molecule has 5 nitrogen and oxygen atoms in total. The number of nitrogens with one attached hydrogen (secondary N) is 1. The molecule has 0 aliphatic rings. The van der Waals surface area contributed by atoms with Crippen molar-refractivity contribution in [3.05, 3.63) is 59.5 Å². The number of halogens is 2. The van der Waals surface area contributed by atoms with Crippen LogP contribution in [0.2, 0.25) is 0 Å². The molecule has 1 heterocycles. The number of rotatable bonds is 7. The third-order valence-electron chi connectivity index (χ3n) is 3.80. The van der Waals surface area contributed by atoms with E-state index in [0.717, 1.165) is 12.0 Å². The Morgan fingerprint density at radius 1 is 1.27 bits per heavy atom. The first-order chi connectivity index (χ1) is 12.5. The molecule has 1 aromatic heterocycles. The Morgan fingerprint density at radius 2 is 2.08 bits per heavy atom. The summed E-state index contributed by atoms with van der Waals surface area (Å²) < 4.78 is 25.2. The normalized spacial score (nSPS) is 11.6. The first-order valence-electron chi connectivity index (χ1n) is 8.15. The zero-order valence-electron chi connectivity index (χ0n) is 14.3. The molecular weight excluding hydrogens is 450 g/mol. The second kappa shape index (κ2) is 8.05. The minimum absolute atomic E-state index is 0.0498. The molecular formula is C19H20FIN2O3. The summed E-state index contributed by atoms with van der Waals surface area (Å²) >= 11 is -2.49. The van der Waals surface area contributed by atoms with E-state index < -0.39 is 20.1 Å². The second-order valence-electron chi connectivity index (χ2n) is 5.87. The first-order valence-corrected chi connectivity index (χ1v) is 12.0. The second-order valence-corrected chi connectivity index (χ2v) is 9.88. The van der Waals surface area contributed by atoms with E-state index in [1.807, 2.05) is 13.0 Å². The summed E-state index contributed by atoms with van der Waals surface area (Å²) in [6.45, 7) is 2.52. The van der Waals surface area contributed by atoms with Crippen LogP contribution in [-0.2, 0) is 4.43 Å². The van der Waals surface area contributed by atoms with Gasteiger partial charge in [0.15, 0.2) is 0 Å². The number of benzene rings is 2. The van der Waals surface area contributed by atoms with Gasteiger partial charge < -0.3 is 0 Å². The number of carbonyl (C=O) groups is 1. The zero-order valence-corrected chi connectivity index (χ0v) is 16.4. The van der Waals surface area contributed by atoms with E-state index in [0.29, 0.717) is 33.4 Å². The van der Waals surface area contributed by atoms with Crippen molar-refractivity contribution in [1.29, 1.82) is 0 Å². The van der Waals surface area contributed by atoms with E-state index in [-0.39, 0.29) is 15.4 Å². The topological polar surface area (TPSA) is 88.3 Å². The van der Waals surface area contributed by atoms with Crippen LogP contribution in [0.15, 0.2) is 42.5 Å². The van der Waals surface area contributed by atoms with Gasteiger partial charge in [-0.1, -0.05) is 0 Å². The Balaban J connectivity index is 1.73. The number of fused-ring (bicyclic) bond motifs is 1. The number of hydrogen-bond acceptors (Lipinski definition) is 4. The molecule has 0 unspecified atom stereocenters.